The molecule has 0 atom stereocenters. The van der Waals surface area contributed by atoms with Crippen LogP contribution in [-0.2, 0) is 4.79 Å². The summed E-state index contributed by atoms with van der Waals surface area (Å²) in [6, 6.07) is 0. The van der Waals surface area contributed by atoms with E-state index in [1.54, 1.807) is 0 Å². The van der Waals surface area contributed by atoms with Gasteiger partial charge >= 0.3 is 0 Å². The molecule has 18 heavy (non-hydrogen) atoms. The van der Waals surface area contributed by atoms with Gasteiger partial charge in [0.1, 0.15) is 0 Å². The van der Waals surface area contributed by atoms with E-state index in [0.29, 0.717) is 13.1 Å². The Bertz CT molecular complexity index is 289. The van der Waals surface area contributed by atoms with Crippen molar-refractivity contribution in [1.82, 2.24) is 9.80 Å². The number of carbonyl (C=O) groups is 1. The molecule has 5 nitrogen and oxygen atoms in total. The molecule has 1 saturated heterocycles. The van der Waals surface area contributed by atoms with Gasteiger partial charge in [-0.25, -0.2) is 0 Å². The second-order valence-electron chi connectivity index (χ2n) is 6.47. The van der Waals surface area contributed by atoms with E-state index >= 15 is 0 Å². The summed E-state index contributed by atoms with van der Waals surface area (Å²) in [5, 5.41) is 9.77. The highest BCUT2D eigenvalue weighted by molar-refractivity contribution is 5.82. The van der Waals surface area contributed by atoms with Crippen molar-refractivity contribution in [3.63, 3.8) is 0 Å². The van der Waals surface area contributed by atoms with Gasteiger partial charge in [0, 0.05) is 39.3 Å². The van der Waals surface area contributed by atoms with Crippen LogP contribution in [0.1, 0.15) is 27.7 Å². The molecule has 106 valence electrons. The summed E-state index contributed by atoms with van der Waals surface area (Å²) >= 11 is 0. The zero-order chi connectivity index (χ0) is 14.0. The first-order valence-corrected chi connectivity index (χ1v) is 6.60. The number of hydrogen-bond donors (Lipinski definition) is 2. The number of rotatable bonds is 4. The van der Waals surface area contributed by atoms with Crippen LogP contribution in [0.4, 0.5) is 0 Å². The lowest BCUT2D eigenvalue weighted by Gasteiger charge is -2.39. The highest BCUT2D eigenvalue weighted by Gasteiger charge is 2.33. The molecule has 3 N–H and O–H groups in total. The molecule has 0 unspecified atom stereocenters. The van der Waals surface area contributed by atoms with Gasteiger partial charge in [0.05, 0.1) is 11.0 Å². The normalized spacial score (nSPS) is 19.1. The molecule has 0 aromatic rings. The van der Waals surface area contributed by atoms with E-state index in [0.717, 1.165) is 26.2 Å². The first kappa shape index (κ1) is 15.4. The molecule has 1 rings (SSSR count). The number of nitrogens with two attached hydrogens (primary N) is 1. The summed E-state index contributed by atoms with van der Waals surface area (Å²) in [5.41, 5.74) is 4.48. The SMILES string of the molecule is CC(C)(O)CN1CCN(C(=O)C(C)(C)CN)CC1. The van der Waals surface area contributed by atoms with E-state index < -0.39 is 11.0 Å². The Morgan fingerprint density at radius 3 is 2.06 bits per heavy atom. The van der Waals surface area contributed by atoms with Crippen LogP contribution in [0.25, 0.3) is 0 Å². The molecule has 1 aliphatic heterocycles. The molecule has 0 aliphatic carbocycles. The summed E-state index contributed by atoms with van der Waals surface area (Å²) in [6.45, 7) is 11.5. The molecule has 0 spiro atoms. The molecule has 1 heterocycles. The fourth-order valence-corrected chi connectivity index (χ4v) is 2.17. The largest absolute Gasteiger partial charge is 0.389 e. The van der Waals surface area contributed by atoms with Crippen LogP contribution in [0.15, 0.2) is 0 Å². The maximum absolute atomic E-state index is 12.2. The van der Waals surface area contributed by atoms with Gasteiger partial charge in [0.2, 0.25) is 5.91 Å². The molecule has 1 amide bonds. The Balaban J connectivity index is 2.47. The molecule has 0 bridgehead atoms. The monoisotopic (exact) mass is 257 g/mol. The van der Waals surface area contributed by atoms with Crippen molar-refractivity contribution in [2.45, 2.75) is 33.3 Å². The third-order valence-corrected chi connectivity index (χ3v) is 3.36. The number of carbonyl (C=O) groups excluding carboxylic acids is 1. The van der Waals surface area contributed by atoms with E-state index in [9.17, 15) is 9.90 Å². The second kappa shape index (κ2) is 5.55. The Morgan fingerprint density at radius 1 is 1.17 bits per heavy atom. The Kier molecular flexibility index (Phi) is 4.75. The van der Waals surface area contributed by atoms with Crippen LogP contribution in [0.2, 0.25) is 0 Å². The zero-order valence-electron chi connectivity index (χ0n) is 12.1. The predicted molar refractivity (Wildman–Crippen MR) is 72.2 cm³/mol. The van der Waals surface area contributed by atoms with Gasteiger partial charge in [0.25, 0.3) is 0 Å². The minimum Gasteiger partial charge on any atom is -0.389 e. The van der Waals surface area contributed by atoms with Crippen molar-refractivity contribution in [2.75, 3.05) is 39.3 Å². The minimum absolute atomic E-state index is 0.132. The summed E-state index contributed by atoms with van der Waals surface area (Å²) < 4.78 is 0. The molecular weight excluding hydrogens is 230 g/mol. The molecule has 0 aromatic carbocycles. The van der Waals surface area contributed by atoms with Gasteiger partial charge in [0.15, 0.2) is 0 Å². The fourth-order valence-electron chi connectivity index (χ4n) is 2.17. The first-order chi connectivity index (χ1) is 8.15. The van der Waals surface area contributed by atoms with Gasteiger partial charge in [-0.2, -0.15) is 0 Å². The lowest BCUT2D eigenvalue weighted by atomic mass is 9.91. The van der Waals surface area contributed by atoms with Crippen molar-refractivity contribution in [3.8, 4) is 0 Å². The summed E-state index contributed by atoms with van der Waals surface area (Å²) in [7, 11) is 0. The Labute approximate surface area is 110 Å². The standard InChI is InChI=1S/C13H27N3O2/c1-12(2,9-14)11(17)16-7-5-15(6-8-16)10-13(3,4)18/h18H,5-10,14H2,1-4H3. The lowest BCUT2D eigenvalue weighted by molar-refractivity contribution is -0.142. The number of aliphatic hydroxyl groups is 1. The van der Waals surface area contributed by atoms with Crippen LogP contribution >= 0.6 is 0 Å². The fraction of sp³-hybridized carbons (Fsp3) is 0.923. The number of β-amino-alcohol motifs (C(OH)–C–C–N with tert-alkyl or cyclic N) is 1. The van der Waals surface area contributed by atoms with Gasteiger partial charge < -0.3 is 15.7 Å². The predicted octanol–water partition coefficient (Wildman–Crippen LogP) is -0.114. The second-order valence-corrected chi connectivity index (χ2v) is 6.47. The highest BCUT2D eigenvalue weighted by atomic mass is 16.3. The first-order valence-electron chi connectivity index (χ1n) is 6.60. The smallest absolute Gasteiger partial charge is 0.229 e. The van der Waals surface area contributed by atoms with Crippen molar-refractivity contribution in [3.05, 3.63) is 0 Å². The van der Waals surface area contributed by atoms with Crippen molar-refractivity contribution < 1.29 is 9.90 Å². The van der Waals surface area contributed by atoms with Crippen LogP contribution < -0.4 is 5.73 Å². The van der Waals surface area contributed by atoms with Gasteiger partial charge in [-0.05, 0) is 27.7 Å². The lowest BCUT2D eigenvalue weighted by Crippen LogP contribution is -2.55. The maximum Gasteiger partial charge on any atom is 0.229 e. The van der Waals surface area contributed by atoms with Gasteiger partial charge in [-0.15, -0.1) is 0 Å². The highest BCUT2D eigenvalue weighted by Crippen LogP contribution is 2.18. The average molecular weight is 257 g/mol. The van der Waals surface area contributed by atoms with Crippen molar-refractivity contribution in [1.29, 1.82) is 0 Å². The van der Waals surface area contributed by atoms with E-state index in [1.807, 2.05) is 32.6 Å². The molecule has 1 fully saturated rings. The molecule has 1 aliphatic rings. The average Bonchev–Trinajstić information content (AvgIpc) is 2.27. The van der Waals surface area contributed by atoms with Crippen molar-refractivity contribution in [2.24, 2.45) is 11.1 Å². The minimum atomic E-state index is -0.678. The zero-order valence-corrected chi connectivity index (χ0v) is 12.1. The maximum atomic E-state index is 12.2. The van der Waals surface area contributed by atoms with E-state index in [-0.39, 0.29) is 5.91 Å². The third-order valence-electron chi connectivity index (χ3n) is 3.36. The summed E-state index contributed by atoms with van der Waals surface area (Å²) in [4.78, 5) is 16.3. The molecule has 0 saturated carbocycles. The number of hydrogen-bond acceptors (Lipinski definition) is 4. The molecule has 0 aromatic heterocycles. The molecule has 5 heteroatoms. The van der Waals surface area contributed by atoms with E-state index in [2.05, 4.69) is 4.90 Å². The van der Waals surface area contributed by atoms with Crippen molar-refractivity contribution >= 4 is 5.91 Å². The number of amides is 1. The Morgan fingerprint density at radius 2 is 1.67 bits per heavy atom. The van der Waals surface area contributed by atoms with Crippen LogP contribution in [0, 0.1) is 5.41 Å². The van der Waals surface area contributed by atoms with Crippen LogP contribution in [0.5, 0.6) is 0 Å². The summed E-state index contributed by atoms with van der Waals surface area (Å²) in [5.74, 6) is 0.132. The third kappa shape index (κ3) is 4.23. The van der Waals surface area contributed by atoms with Crippen LogP contribution in [0.3, 0.4) is 0 Å². The van der Waals surface area contributed by atoms with E-state index in [1.165, 1.54) is 0 Å². The van der Waals surface area contributed by atoms with Gasteiger partial charge in [-0.3, -0.25) is 9.69 Å². The number of nitrogens with zero attached hydrogens (tertiary/aromatic N) is 2. The quantitative estimate of drug-likeness (QED) is 0.737. The topological polar surface area (TPSA) is 69.8 Å². The molecule has 0 radical (unpaired) electrons. The number of piperazine rings is 1. The van der Waals surface area contributed by atoms with Gasteiger partial charge in [-0.1, -0.05) is 0 Å². The Hall–Kier alpha value is -0.650. The summed E-state index contributed by atoms with van der Waals surface area (Å²) in [6.07, 6.45) is 0. The van der Waals surface area contributed by atoms with Crippen LogP contribution in [-0.4, -0.2) is 65.7 Å². The van der Waals surface area contributed by atoms with E-state index in [4.69, 9.17) is 5.73 Å². The molecular formula is C13H27N3O2.